The second kappa shape index (κ2) is 6.78. The van der Waals surface area contributed by atoms with Crippen LogP contribution in [0, 0.1) is 6.92 Å². The molecule has 0 amide bonds. The fraction of sp³-hybridized carbons (Fsp3) is 0.438. The third kappa shape index (κ3) is 3.50. The van der Waals surface area contributed by atoms with Gasteiger partial charge < -0.3 is 15.4 Å². The average Bonchev–Trinajstić information content (AvgIpc) is 2.99. The van der Waals surface area contributed by atoms with Crippen LogP contribution in [0.3, 0.4) is 0 Å². The quantitative estimate of drug-likeness (QED) is 0.678. The van der Waals surface area contributed by atoms with E-state index >= 15 is 0 Å². The molecule has 23 heavy (non-hydrogen) atoms. The zero-order chi connectivity index (χ0) is 16.2. The number of aliphatic imine (C=N–C) groups is 1. The number of imidazole rings is 1. The van der Waals surface area contributed by atoms with Crippen molar-refractivity contribution in [3.63, 3.8) is 0 Å². The number of hydrogen-bond acceptors (Lipinski definition) is 4. The van der Waals surface area contributed by atoms with Gasteiger partial charge in [-0.05, 0) is 19.9 Å². The topological polar surface area (TPSA) is 81.6 Å². The molecular weight excluding hydrogens is 292 g/mol. The highest BCUT2D eigenvalue weighted by Crippen LogP contribution is 2.14. The molecule has 1 aliphatic heterocycles. The second-order valence-electron chi connectivity index (χ2n) is 5.63. The molecule has 7 heteroatoms. The van der Waals surface area contributed by atoms with E-state index in [9.17, 15) is 0 Å². The Labute approximate surface area is 135 Å². The Morgan fingerprint density at radius 2 is 2.30 bits per heavy atom. The molecule has 2 N–H and O–H groups in total. The molecule has 0 aliphatic carbocycles. The van der Waals surface area contributed by atoms with Crippen molar-refractivity contribution in [1.29, 1.82) is 0 Å². The first-order valence-electron chi connectivity index (χ1n) is 7.76. The van der Waals surface area contributed by atoms with Gasteiger partial charge in [-0.1, -0.05) is 6.07 Å². The predicted molar refractivity (Wildman–Crippen MR) is 88.4 cm³/mol. The summed E-state index contributed by atoms with van der Waals surface area (Å²) in [5, 5.41) is 0. The van der Waals surface area contributed by atoms with E-state index in [0.717, 1.165) is 30.3 Å². The monoisotopic (exact) mass is 314 g/mol. The molecule has 0 saturated carbocycles. The number of guanidine groups is 1. The summed E-state index contributed by atoms with van der Waals surface area (Å²) in [6.45, 7) is 6.71. The lowest BCUT2D eigenvalue weighted by atomic mass is 10.2. The molecule has 3 heterocycles. The van der Waals surface area contributed by atoms with Crippen molar-refractivity contribution >= 4 is 5.96 Å². The summed E-state index contributed by atoms with van der Waals surface area (Å²) in [6.07, 6.45) is 5.62. The van der Waals surface area contributed by atoms with Crippen LogP contribution in [0.25, 0.3) is 5.82 Å². The van der Waals surface area contributed by atoms with Crippen molar-refractivity contribution in [3.05, 3.63) is 42.1 Å². The molecule has 2 aromatic heterocycles. The summed E-state index contributed by atoms with van der Waals surface area (Å²) < 4.78 is 7.49. The first kappa shape index (κ1) is 15.5. The van der Waals surface area contributed by atoms with Crippen LogP contribution in [0.2, 0.25) is 0 Å². The normalized spacial score (nSPS) is 19.1. The number of ether oxygens (including phenoxy) is 1. The summed E-state index contributed by atoms with van der Waals surface area (Å²) in [5.41, 5.74) is 7.15. The maximum absolute atomic E-state index is 6.14. The number of hydrogen-bond donors (Lipinski definition) is 1. The van der Waals surface area contributed by atoms with Crippen LogP contribution in [-0.2, 0) is 11.3 Å². The van der Waals surface area contributed by atoms with Crippen molar-refractivity contribution in [2.45, 2.75) is 26.5 Å². The lowest BCUT2D eigenvalue weighted by Gasteiger charge is -2.31. The highest BCUT2D eigenvalue weighted by atomic mass is 16.5. The molecule has 2 aromatic rings. The van der Waals surface area contributed by atoms with Crippen molar-refractivity contribution < 1.29 is 4.74 Å². The Morgan fingerprint density at radius 1 is 1.43 bits per heavy atom. The first-order valence-corrected chi connectivity index (χ1v) is 7.76. The van der Waals surface area contributed by atoms with Gasteiger partial charge in [0.1, 0.15) is 11.6 Å². The maximum atomic E-state index is 6.14. The van der Waals surface area contributed by atoms with Gasteiger partial charge in [0.25, 0.3) is 0 Å². The lowest BCUT2D eigenvalue weighted by molar-refractivity contribution is 0.00528. The van der Waals surface area contributed by atoms with Gasteiger partial charge in [0.15, 0.2) is 5.96 Å². The van der Waals surface area contributed by atoms with E-state index in [1.165, 1.54) is 0 Å². The van der Waals surface area contributed by atoms with E-state index in [0.29, 0.717) is 19.1 Å². The van der Waals surface area contributed by atoms with Gasteiger partial charge in [0, 0.05) is 37.2 Å². The number of rotatable bonds is 3. The molecular formula is C16H22N6O. The van der Waals surface area contributed by atoms with Gasteiger partial charge in [-0.2, -0.15) is 0 Å². The molecule has 0 radical (unpaired) electrons. The zero-order valence-corrected chi connectivity index (χ0v) is 13.5. The molecule has 0 spiro atoms. The fourth-order valence-corrected chi connectivity index (χ4v) is 2.67. The predicted octanol–water partition coefficient (Wildman–Crippen LogP) is 1.11. The highest BCUT2D eigenvalue weighted by molar-refractivity contribution is 5.78. The fourth-order valence-electron chi connectivity index (χ4n) is 2.67. The van der Waals surface area contributed by atoms with Gasteiger partial charge in [-0.25, -0.2) is 15.0 Å². The average molecular weight is 314 g/mol. The van der Waals surface area contributed by atoms with Gasteiger partial charge >= 0.3 is 0 Å². The molecule has 3 rings (SSSR count). The molecule has 122 valence electrons. The third-order valence-electron chi connectivity index (χ3n) is 3.90. The van der Waals surface area contributed by atoms with Crippen LogP contribution >= 0.6 is 0 Å². The largest absolute Gasteiger partial charge is 0.375 e. The molecule has 1 atom stereocenters. The molecule has 1 fully saturated rings. The van der Waals surface area contributed by atoms with Crippen LogP contribution < -0.4 is 5.73 Å². The maximum Gasteiger partial charge on any atom is 0.191 e. The van der Waals surface area contributed by atoms with Gasteiger partial charge in [0.05, 0.1) is 19.3 Å². The van der Waals surface area contributed by atoms with Crippen LogP contribution in [0.4, 0.5) is 0 Å². The zero-order valence-electron chi connectivity index (χ0n) is 13.5. The Balaban J connectivity index is 1.78. The smallest absolute Gasteiger partial charge is 0.191 e. The van der Waals surface area contributed by atoms with Crippen LogP contribution in [0.1, 0.15) is 18.3 Å². The van der Waals surface area contributed by atoms with E-state index in [2.05, 4.69) is 19.9 Å². The number of aryl methyl sites for hydroxylation is 1. The van der Waals surface area contributed by atoms with Crippen LogP contribution in [0.5, 0.6) is 0 Å². The SMILES string of the molecule is Cc1nccn1-c1ncccc1CN=C(N)N1CCOC(C)C1. The lowest BCUT2D eigenvalue weighted by Crippen LogP contribution is -2.47. The Bertz CT molecular complexity index is 695. The number of morpholine rings is 1. The molecule has 0 aromatic carbocycles. The molecule has 1 unspecified atom stereocenters. The van der Waals surface area contributed by atoms with Gasteiger partial charge in [-0.3, -0.25) is 4.57 Å². The van der Waals surface area contributed by atoms with Crippen LogP contribution in [0.15, 0.2) is 35.7 Å². The van der Waals surface area contributed by atoms with Crippen molar-refractivity contribution in [2.24, 2.45) is 10.7 Å². The van der Waals surface area contributed by atoms with E-state index in [1.807, 2.05) is 36.7 Å². The minimum absolute atomic E-state index is 0.181. The molecule has 0 bridgehead atoms. The van der Waals surface area contributed by atoms with E-state index in [1.54, 1.807) is 12.4 Å². The summed E-state index contributed by atoms with van der Waals surface area (Å²) in [5.74, 6) is 2.29. The van der Waals surface area contributed by atoms with Crippen molar-refractivity contribution in [1.82, 2.24) is 19.4 Å². The van der Waals surface area contributed by atoms with E-state index < -0.39 is 0 Å². The Kier molecular flexibility index (Phi) is 4.57. The van der Waals surface area contributed by atoms with Gasteiger partial charge in [-0.15, -0.1) is 0 Å². The van der Waals surface area contributed by atoms with Gasteiger partial charge in [0.2, 0.25) is 0 Å². The molecule has 7 nitrogen and oxygen atoms in total. The standard InChI is InChI=1S/C16H22N6O/c1-12-11-21(8-9-23-12)16(17)20-10-14-4-3-5-19-15(14)22-7-6-18-13(22)2/h3-7,12H,8-11H2,1-2H3,(H2,17,20). The first-order chi connectivity index (χ1) is 11.1. The van der Waals surface area contributed by atoms with E-state index in [4.69, 9.17) is 10.5 Å². The number of pyridine rings is 1. The van der Waals surface area contributed by atoms with Crippen molar-refractivity contribution in [3.8, 4) is 5.82 Å². The Hall–Kier alpha value is -2.41. The second-order valence-corrected chi connectivity index (χ2v) is 5.63. The summed E-state index contributed by atoms with van der Waals surface area (Å²) >= 11 is 0. The summed E-state index contributed by atoms with van der Waals surface area (Å²) in [6, 6.07) is 3.92. The number of aromatic nitrogens is 3. The minimum atomic E-state index is 0.181. The molecule has 1 saturated heterocycles. The number of nitrogens with zero attached hydrogens (tertiary/aromatic N) is 5. The van der Waals surface area contributed by atoms with Crippen LogP contribution in [-0.4, -0.2) is 51.2 Å². The molecule has 1 aliphatic rings. The van der Waals surface area contributed by atoms with E-state index in [-0.39, 0.29) is 6.10 Å². The Morgan fingerprint density at radius 3 is 3.04 bits per heavy atom. The highest BCUT2D eigenvalue weighted by Gasteiger charge is 2.18. The number of nitrogens with two attached hydrogens (primary N) is 1. The third-order valence-corrected chi connectivity index (χ3v) is 3.90. The minimum Gasteiger partial charge on any atom is -0.375 e. The summed E-state index contributed by atoms with van der Waals surface area (Å²) in [4.78, 5) is 15.3. The van der Waals surface area contributed by atoms with Crippen molar-refractivity contribution in [2.75, 3.05) is 19.7 Å². The summed E-state index contributed by atoms with van der Waals surface area (Å²) in [7, 11) is 0.